The van der Waals surface area contributed by atoms with Crippen molar-refractivity contribution in [3.63, 3.8) is 0 Å². The number of carbonyl (C=O) groups excluding carboxylic acids is 1. The van der Waals surface area contributed by atoms with Gasteiger partial charge in [-0.25, -0.2) is 8.42 Å². The summed E-state index contributed by atoms with van der Waals surface area (Å²) in [6, 6.07) is 6.02. The smallest absolute Gasteiger partial charge is 0.243 e. The fraction of sp³-hybridized carbons (Fsp3) is 0.308. The zero-order valence-electron chi connectivity index (χ0n) is 10.9. The van der Waals surface area contributed by atoms with Gasteiger partial charge in [-0.1, -0.05) is 32.1 Å². The van der Waals surface area contributed by atoms with E-state index in [-0.39, 0.29) is 4.90 Å². The van der Waals surface area contributed by atoms with E-state index in [1.165, 1.54) is 22.5 Å². The van der Waals surface area contributed by atoms with Crippen LogP contribution in [0.1, 0.15) is 19.4 Å². The van der Waals surface area contributed by atoms with E-state index in [1.54, 1.807) is 26.0 Å². The average Bonchev–Trinajstić information content (AvgIpc) is 2.38. The van der Waals surface area contributed by atoms with Crippen LogP contribution in [0.3, 0.4) is 0 Å². The molecule has 0 aliphatic heterocycles. The largest absolute Gasteiger partial charge is 0.545 e. The molecule has 0 fully saturated rings. The molecule has 1 rings (SSSR count). The molecule has 6 heteroatoms. The van der Waals surface area contributed by atoms with Crippen molar-refractivity contribution in [2.24, 2.45) is 0 Å². The number of aliphatic carboxylic acids is 1. The fourth-order valence-corrected chi connectivity index (χ4v) is 3.09. The van der Waals surface area contributed by atoms with Gasteiger partial charge in [-0.05, 0) is 23.8 Å². The van der Waals surface area contributed by atoms with Crippen LogP contribution in [0.5, 0.6) is 0 Å². The lowest BCUT2D eigenvalue weighted by molar-refractivity contribution is -0.297. The molecule has 0 heterocycles. The van der Waals surface area contributed by atoms with Gasteiger partial charge >= 0.3 is 0 Å². The second-order valence-corrected chi connectivity index (χ2v) is 5.75. The maximum absolute atomic E-state index is 12.2. The van der Waals surface area contributed by atoms with Crippen LogP contribution < -0.4 is 5.11 Å². The van der Waals surface area contributed by atoms with Crippen LogP contribution in [0.15, 0.2) is 35.2 Å². The molecular weight excluding hydrogens is 266 g/mol. The minimum atomic E-state index is -3.47. The Kier molecular flexibility index (Phi) is 5.26. The van der Waals surface area contributed by atoms with Crippen LogP contribution in [0.25, 0.3) is 6.08 Å². The highest BCUT2D eigenvalue weighted by molar-refractivity contribution is 7.89. The fourth-order valence-electron chi connectivity index (χ4n) is 1.63. The standard InChI is InChI=1S/C13H17NO4S/c1-3-14(4-2)19(17,18)12-8-5-11(6-9-12)7-10-13(15)16/h5-10H,3-4H2,1-2H3,(H,15,16)/p-1. The second kappa shape index (κ2) is 6.49. The van der Waals surface area contributed by atoms with Crippen molar-refractivity contribution in [1.82, 2.24) is 4.31 Å². The second-order valence-electron chi connectivity index (χ2n) is 3.81. The zero-order valence-corrected chi connectivity index (χ0v) is 11.7. The Morgan fingerprint density at radius 2 is 1.74 bits per heavy atom. The van der Waals surface area contributed by atoms with Crippen molar-refractivity contribution in [3.05, 3.63) is 35.9 Å². The van der Waals surface area contributed by atoms with E-state index >= 15 is 0 Å². The normalized spacial score (nSPS) is 12.2. The van der Waals surface area contributed by atoms with Gasteiger partial charge in [-0.3, -0.25) is 0 Å². The summed E-state index contributed by atoms with van der Waals surface area (Å²) in [7, 11) is -3.47. The molecule has 0 spiro atoms. The number of nitrogens with zero attached hydrogens (tertiary/aromatic N) is 1. The van der Waals surface area contributed by atoms with Crippen molar-refractivity contribution in [3.8, 4) is 0 Å². The Morgan fingerprint density at radius 3 is 2.16 bits per heavy atom. The lowest BCUT2D eigenvalue weighted by Crippen LogP contribution is -2.30. The number of rotatable bonds is 6. The monoisotopic (exact) mass is 282 g/mol. The summed E-state index contributed by atoms with van der Waals surface area (Å²) >= 11 is 0. The number of carboxylic acid groups (broad SMARTS) is 1. The third-order valence-corrected chi connectivity index (χ3v) is 4.70. The predicted octanol–water partition coefficient (Wildman–Crippen LogP) is 0.480. The maximum atomic E-state index is 12.2. The Morgan fingerprint density at radius 1 is 1.21 bits per heavy atom. The summed E-state index contributed by atoms with van der Waals surface area (Å²) in [6.07, 6.45) is 2.25. The Labute approximate surface area is 113 Å². The zero-order chi connectivity index (χ0) is 14.5. The predicted molar refractivity (Wildman–Crippen MR) is 70.6 cm³/mol. The van der Waals surface area contributed by atoms with E-state index in [2.05, 4.69) is 0 Å². The van der Waals surface area contributed by atoms with Gasteiger partial charge in [0.05, 0.1) is 10.9 Å². The van der Waals surface area contributed by atoms with Crippen LogP contribution in [0.2, 0.25) is 0 Å². The van der Waals surface area contributed by atoms with Gasteiger partial charge in [-0.15, -0.1) is 0 Å². The molecule has 0 atom stereocenters. The van der Waals surface area contributed by atoms with Crippen LogP contribution in [-0.4, -0.2) is 31.8 Å². The minimum Gasteiger partial charge on any atom is -0.545 e. The highest BCUT2D eigenvalue weighted by Crippen LogP contribution is 2.16. The Bertz CT molecular complexity index is 557. The van der Waals surface area contributed by atoms with Gasteiger partial charge in [0.2, 0.25) is 10.0 Å². The SMILES string of the molecule is CCN(CC)S(=O)(=O)c1ccc(C=CC(=O)[O-])cc1. The van der Waals surface area contributed by atoms with Crippen molar-refractivity contribution in [1.29, 1.82) is 0 Å². The summed E-state index contributed by atoms with van der Waals surface area (Å²) in [5.74, 6) is -1.29. The van der Waals surface area contributed by atoms with Crippen LogP contribution in [0.4, 0.5) is 0 Å². The van der Waals surface area contributed by atoms with Crippen molar-refractivity contribution < 1.29 is 18.3 Å². The number of carbonyl (C=O) groups is 1. The first-order valence-corrected chi connectivity index (χ1v) is 7.35. The molecule has 0 saturated carbocycles. The van der Waals surface area contributed by atoms with E-state index in [0.29, 0.717) is 18.7 Å². The van der Waals surface area contributed by atoms with Gasteiger partial charge in [0, 0.05) is 13.1 Å². The summed E-state index contributed by atoms with van der Waals surface area (Å²) < 4.78 is 25.7. The minimum absolute atomic E-state index is 0.196. The molecule has 19 heavy (non-hydrogen) atoms. The molecule has 0 unspecified atom stereocenters. The van der Waals surface area contributed by atoms with Crippen molar-refractivity contribution in [2.45, 2.75) is 18.7 Å². The van der Waals surface area contributed by atoms with E-state index < -0.39 is 16.0 Å². The number of hydrogen-bond donors (Lipinski definition) is 0. The molecule has 0 saturated heterocycles. The highest BCUT2D eigenvalue weighted by Gasteiger charge is 2.20. The molecule has 0 radical (unpaired) electrons. The Hall–Kier alpha value is -1.66. The summed E-state index contributed by atoms with van der Waals surface area (Å²) in [5.41, 5.74) is 0.600. The molecule has 0 aliphatic rings. The van der Waals surface area contributed by atoms with Crippen LogP contribution >= 0.6 is 0 Å². The molecule has 1 aromatic carbocycles. The summed E-state index contributed by atoms with van der Waals surface area (Å²) in [6.45, 7) is 4.37. The van der Waals surface area contributed by atoms with Crippen molar-refractivity contribution in [2.75, 3.05) is 13.1 Å². The van der Waals surface area contributed by atoms with E-state index in [0.717, 1.165) is 6.08 Å². The topological polar surface area (TPSA) is 77.5 Å². The number of carboxylic acids is 1. The van der Waals surface area contributed by atoms with Gasteiger partial charge in [0.15, 0.2) is 0 Å². The lowest BCUT2D eigenvalue weighted by Gasteiger charge is -2.18. The third-order valence-electron chi connectivity index (χ3n) is 2.64. The lowest BCUT2D eigenvalue weighted by atomic mass is 10.2. The van der Waals surface area contributed by atoms with Crippen LogP contribution in [-0.2, 0) is 14.8 Å². The number of hydrogen-bond acceptors (Lipinski definition) is 4. The Balaban J connectivity index is 3.02. The van der Waals surface area contributed by atoms with Gasteiger partial charge in [0.1, 0.15) is 0 Å². The molecule has 5 nitrogen and oxygen atoms in total. The maximum Gasteiger partial charge on any atom is 0.243 e. The number of benzene rings is 1. The van der Waals surface area contributed by atoms with E-state index in [9.17, 15) is 18.3 Å². The molecule has 0 amide bonds. The first kappa shape index (κ1) is 15.4. The average molecular weight is 282 g/mol. The summed E-state index contributed by atoms with van der Waals surface area (Å²) in [4.78, 5) is 10.5. The molecular formula is C13H16NO4S-. The molecule has 0 bridgehead atoms. The first-order chi connectivity index (χ1) is 8.91. The van der Waals surface area contributed by atoms with Gasteiger partial charge < -0.3 is 9.90 Å². The van der Waals surface area contributed by atoms with E-state index in [4.69, 9.17) is 0 Å². The number of sulfonamides is 1. The van der Waals surface area contributed by atoms with Crippen molar-refractivity contribution >= 4 is 22.1 Å². The molecule has 104 valence electrons. The highest BCUT2D eigenvalue weighted by atomic mass is 32.2. The molecule has 0 aliphatic carbocycles. The molecule has 0 N–H and O–H groups in total. The van der Waals surface area contributed by atoms with Gasteiger partial charge in [-0.2, -0.15) is 4.31 Å². The molecule has 0 aromatic heterocycles. The van der Waals surface area contributed by atoms with Crippen LogP contribution in [0, 0.1) is 0 Å². The first-order valence-electron chi connectivity index (χ1n) is 5.91. The van der Waals surface area contributed by atoms with Gasteiger partial charge in [0.25, 0.3) is 0 Å². The summed E-state index contributed by atoms with van der Waals surface area (Å²) in [5, 5.41) is 10.3. The quantitative estimate of drug-likeness (QED) is 0.711. The third kappa shape index (κ3) is 3.90. The van der Waals surface area contributed by atoms with E-state index in [1.807, 2.05) is 0 Å². The molecule has 1 aromatic rings.